The van der Waals surface area contributed by atoms with Crippen molar-refractivity contribution in [1.29, 1.82) is 0 Å². The van der Waals surface area contributed by atoms with E-state index in [9.17, 15) is 4.39 Å². The number of anilines is 3. The lowest BCUT2D eigenvalue weighted by molar-refractivity contribution is 0.412. The zero-order chi connectivity index (χ0) is 20.1. The predicted molar refractivity (Wildman–Crippen MR) is 112 cm³/mol. The van der Waals surface area contributed by atoms with Gasteiger partial charge in [-0.3, -0.25) is 5.10 Å². The van der Waals surface area contributed by atoms with Crippen LogP contribution in [-0.2, 0) is 0 Å². The van der Waals surface area contributed by atoms with Gasteiger partial charge < -0.3 is 10.2 Å². The lowest BCUT2D eigenvalue weighted by Crippen LogP contribution is -2.33. The molecule has 0 aliphatic heterocycles. The van der Waals surface area contributed by atoms with Crippen molar-refractivity contribution in [3.63, 3.8) is 0 Å². The molecule has 0 fully saturated rings. The van der Waals surface area contributed by atoms with Crippen molar-refractivity contribution >= 4 is 28.4 Å². The van der Waals surface area contributed by atoms with E-state index in [1.807, 2.05) is 18.2 Å². The molecule has 3 rings (SSSR count). The number of hydrogen-bond donors (Lipinski definition) is 2. The van der Waals surface area contributed by atoms with Gasteiger partial charge in [0.25, 0.3) is 0 Å². The van der Waals surface area contributed by atoms with E-state index in [0.717, 1.165) is 42.5 Å². The van der Waals surface area contributed by atoms with Crippen molar-refractivity contribution in [2.24, 2.45) is 11.8 Å². The zero-order valence-electron chi connectivity index (χ0n) is 17.0. The number of unbranched alkanes of at least 4 members (excludes halogenated alkanes) is 1. The summed E-state index contributed by atoms with van der Waals surface area (Å²) < 4.78 is 14.4. The Morgan fingerprint density at radius 2 is 2.04 bits per heavy atom. The van der Waals surface area contributed by atoms with E-state index in [2.05, 4.69) is 58.1 Å². The highest BCUT2D eigenvalue weighted by atomic mass is 19.1. The number of benzene rings is 1. The van der Waals surface area contributed by atoms with Gasteiger partial charge >= 0.3 is 0 Å². The average Bonchev–Trinajstić information content (AvgIpc) is 3.14. The number of hydrogen-bond acceptors (Lipinski definition) is 5. The average molecular weight is 385 g/mol. The minimum Gasteiger partial charge on any atom is -0.340 e. The van der Waals surface area contributed by atoms with E-state index >= 15 is 0 Å². The molecule has 7 heteroatoms. The molecule has 2 heterocycles. The fourth-order valence-electron chi connectivity index (χ4n) is 2.94. The van der Waals surface area contributed by atoms with E-state index < -0.39 is 5.82 Å². The second-order valence-electron chi connectivity index (χ2n) is 7.68. The molecule has 0 amide bonds. The van der Waals surface area contributed by atoms with Crippen LogP contribution in [0.1, 0.15) is 40.5 Å². The number of H-pyrrole nitrogens is 1. The molecule has 2 aromatic heterocycles. The maximum atomic E-state index is 14.4. The van der Waals surface area contributed by atoms with Crippen molar-refractivity contribution in [3.05, 3.63) is 36.4 Å². The molecule has 28 heavy (non-hydrogen) atoms. The van der Waals surface area contributed by atoms with Crippen molar-refractivity contribution in [2.75, 3.05) is 23.3 Å². The Labute approximate surface area is 165 Å². The molecule has 0 aliphatic rings. The van der Waals surface area contributed by atoms with Gasteiger partial charge in [-0.2, -0.15) is 10.1 Å². The van der Waals surface area contributed by atoms with Gasteiger partial charge in [-0.05, 0) is 36.5 Å². The summed E-state index contributed by atoms with van der Waals surface area (Å²) in [5.41, 5.74) is 1.69. The quantitative estimate of drug-likeness (QED) is 0.535. The van der Waals surface area contributed by atoms with Crippen LogP contribution in [0.4, 0.5) is 21.8 Å². The molecular formula is C21H29FN6. The molecule has 3 aromatic rings. The minimum atomic E-state index is -0.469. The Kier molecular flexibility index (Phi) is 6.44. The van der Waals surface area contributed by atoms with Crippen LogP contribution in [-0.4, -0.2) is 33.3 Å². The Morgan fingerprint density at radius 3 is 2.79 bits per heavy atom. The molecular weight excluding hydrogens is 355 g/mol. The van der Waals surface area contributed by atoms with Crippen LogP contribution >= 0.6 is 0 Å². The Morgan fingerprint density at radius 1 is 1.21 bits per heavy atom. The molecule has 1 aromatic carbocycles. The first-order valence-electron chi connectivity index (χ1n) is 9.95. The molecule has 0 spiro atoms. The maximum absolute atomic E-state index is 14.4. The number of halogens is 1. The van der Waals surface area contributed by atoms with Crippen molar-refractivity contribution < 1.29 is 4.39 Å². The molecule has 0 saturated heterocycles. The van der Waals surface area contributed by atoms with Crippen LogP contribution in [0.25, 0.3) is 10.9 Å². The van der Waals surface area contributed by atoms with Gasteiger partial charge in [-0.1, -0.05) is 34.1 Å². The Bertz CT molecular complexity index is 907. The number of nitrogens with zero attached hydrogens (tertiary/aromatic N) is 4. The summed E-state index contributed by atoms with van der Waals surface area (Å²) in [6.45, 7) is 10.5. The molecule has 0 saturated carbocycles. The molecule has 1 unspecified atom stereocenters. The fourth-order valence-corrected chi connectivity index (χ4v) is 2.94. The fraction of sp³-hybridized carbons (Fsp3) is 0.476. The Balaban J connectivity index is 1.84. The molecule has 1 atom stereocenters. The normalized spacial score (nSPS) is 12.5. The lowest BCUT2D eigenvalue weighted by Gasteiger charge is -2.28. The third kappa shape index (κ3) is 4.77. The number of fused-ring (bicyclic) bond motifs is 1. The monoisotopic (exact) mass is 384 g/mol. The summed E-state index contributed by atoms with van der Waals surface area (Å²) in [5, 5.41) is 11.0. The summed E-state index contributed by atoms with van der Waals surface area (Å²) in [6, 6.07) is 5.69. The smallest absolute Gasteiger partial charge is 0.227 e. The van der Waals surface area contributed by atoms with Gasteiger partial charge in [0.2, 0.25) is 5.95 Å². The molecule has 150 valence electrons. The van der Waals surface area contributed by atoms with Crippen molar-refractivity contribution in [2.45, 2.75) is 40.5 Å². The van der Waals surface area contributed by atoms with E-state index in [-0.39, 0.29) is 5.82 Å². The van der Waals surface area contributed by atoms with Gasteiger partial charge in [-0.25, -0.2) is 9.37 Å². The minimum absolute atomic E-state index is 0.187. The highest BCUT2D eigenvalue weighted by molar-refractivity contribution is 5.82. The summed E-state index contributed by atoms with van der Waals surface area (Å²) in [7, 11) is 0. The van der Waals surface area contributed by atoms with Gasteiger partial charge in [0, 0.05) is 24.2 Å². The summed E-state index contributed by atoms with van der Waals surface area (Å²) in [5.74, 6) is 1.33. The SMILES string of the molecule is CCCCN(CC(C)C(C)C)c1ncc(F)c(Nc2ccc3[nH]ncc3c2)n1. The molecule has 0 aliphatic carbocycles. The molecule has 0 radical (unpaired) electrons. The predicted octanol–water partition coefficient (Wildman–Crippen LogP) is 5.13. The molecule has 6 nitrogen and oxygen atoms in total. The van der Waals surface area contributed by atoms with E-state index in [1.54, 1.807) is 6.20 Å². The van der Waals surface area contributed by atoms with Crippen LogP contribution in [0.2, 0.25) is 0 Å². The lowest BCUT2D eigenvalue weighted by atomic mass is 9.97. The van der Waals surface area contributed by atoms with Crippen LogP contribution < -0.4 is 10.2 Å². The van der Waals surface area contributed by atoms with E-state index in [4.69, 9.17) is 0 Å². The summed E-state index contributed by atoms with van der Waals surface area (Å²) >= 11 is 0. The van der Waals surface area contributed by atoms with Gasteiger partial charge in [-0.15, -0.1) is 0 Å². The topological polar surface area (TPSA) is 69.7 Å². The van der Waals surface area contributed by atoms with E-state index in [0.29, 0.717) is 17.8 Å². The maximum Gasteiger partial charge on any atom is 0.227 e. The summed E-state index contributed by atoms with van der Waals surface area (Å²) in [4.78, 5) is 10.9. The second kappa shape index (κ2) is 8.99. The largest absolute Gasteiger partial charge is 0.340 e. The number of aromatic nitrogens is 4. The van der Waals surface area contributed by atoms with Crippen LogP contribution in [0.5, 0.6) is 0 Å². The van der Waals surface area contributed by atoms with Gasteiger partial charge in [0.1, 0.15) is 0 Å². The first-order valence-corrected chi connectivity index (χ1v) is 9.95. The third-order valence-corrected chi connectivity index (χ3v) is 5.15. The number of aromatic amines is 1. The second-order valence-corrected chi connectivity index (χ2v) is 7.68. The Hall–Kier alpha value is -2.70. The molecule has 0 bridgehead atoms. The van der Waals surface area contributed by atoms with Gasteiger partial charge in [0.15, 0.2) is 11.6 Å². The highest BCUT2D eigenvalue weighted by Gasteiger charge is 2.18. The summed E-state index contributed by atoms with van der Waals surface area (Å²) in [6.07, 6.45) is 5.12. The zero-order valence-corrected chi connectivity index (χ0v) is 17.0. The van der Waals surface area contributed by atoms with Crippen molar-refractivity contribution in [3.8, 4) is 0 Å². The van der Waals surface area contributed by atoms with Crippen LogP contribution in [0.3, 0.4) is 0 Å². The highest BCUT2D eigenvalue weighted by Crippen LogP contribution is 2.24. The van der Waals surface area contributed by atoms with Crippen LogP contribution in [0, 0.1) is 17.7 Å². The third-order valence-electron chi connectivity index (χ3n) is 5.15. The first kappa shape index (κ1) is 20.0. The van der Waals surface area contributed by atoms with Crippen molar-refractivity contribution in [1.82, 2.24) is 20.2 Å². The standard InChI is InChI=1S/C21H29FN6/c1-5-6-9-28(13-15(4)14(2)3)21-23-12-18(22)20(26-21)25-17-7-8-19-16(10-17)11-24-27-19/h7-8,10-12,14-15H,5-6,9,13H2,1-4H3,(H,24,27)(H,23,25,26). The number of nitrogens with one attached hydrogen (secondary N) is 2. The van der Waals surface area contributed by atoms with Crippen LogP contribution in [0.15, 0.2) is 30.6 Å². The molecule has 2 N–H and O–H groups in total. The van der Waals surface area contributed by atoms with E-state index in [1.165, 1.54) is 6.20 Å². The first-order chi connectivity index (χ1) is 13.5. The number of rotatable bonds is 9. The van der Waals surface area contributed by atoms with Gasteiger partial charge in [0.05, 0.1) is 17.9 Å².